The second-order valence-electron chi connectivity index (χ2n) is 33.2. The van der Waals surface area contributed by atoms with Crippen LogP contribution in [0.3, 0.4) is 0 Å². The summed E-state index contributed by atoms with van der Waals surface area (Å²) >= 11 is 5.67. The zero-order valence-electron chi connectivity index (χ0n) is 70.3. The molecule has 0 radical (unpaired) electrons. The first kappa shape index (κ1) is 126. The number of aldehydes is 1. The van der Waals surface area contributed by atoms with Gasteiger partial charge in [-0.1, -0.05) is 53.4 Å². The van der Waals surface area contributed by atoms with Crippen LogP contribution in [0.25, 0.3) is 0 Å². The monoisotopic (exact) mass is 1700 g/mol. The summed E-state index contributed by atoms with van der Waals surface area (Å²) in [6, 6.07) is 2.24. The summed E-state index contributed by atoms with van der Waals surface area (Å²) in [4.78, 5) is 31.6. The minimum absolute atomic E-state index is 0. The number of nitrogens with one attached hydrogen (secondary N) is 2. The molecule has 19 nitrogen and oxygen atoms in total. The van der Waals surface area contributed by atoms with Crippen molar-refractivity contribution >= 4 is 155 Å². The predicted molar refractivity (Wildman–Crippen MR) is 463 cm³/mol. The van der Waals surface area contributed by atoms with E-state index in [0.29, 0.717) is 31.7 Å². The minimum atomic E-state index is -2.82. The van der Waals surface area contributed by atoms with E-state index in [2.05, 4.69) is 308 Å². The molecule has 0 aromatic carbocycles. The van der Waals surface area contributed by atoms with Gasteiger partial charge >= 0.3 is 68.2 Å². The maximum Gasteiger partial charge on any atom is 1.00 e. The molecule has 592 valence electrons. The van der Waals surface area contributed by atoms with Crippen molar-refractivity contribution < 1.29 is 104 Å². The van der Waals surface area contributed by atoms with Crippen molar-refractivity contribution in [1.82, 2.24) is 10.6 Å². The molecule has 0 atom stereocenters. The maximum atomic E-state index is 11.4. The molecule has 4 N–H and O–H groups in total. The van der Waals surface area contributed by atoms with E-state index in [9.17, 15) is 9.59 Å². The van der Waals surface area contributed by atoms with Crippen molar-refractivity contribution in [2.45, 2.75) is 287 Å². The third-order valence-corrected chi connectivity index (χ3v) is 45.8. The number of hydrogen-bond donors (Lipinski definition) is 3. The fourth-order valence-electron chi connectivity index (χ4n) is 6.89. The summed E-state index contributed by atoms with van der Waals surface area (Å²) in [5.74, 6) is 0. The van der Waals surface area contributed by atoms with Crippen molar-refractivity contribution in [1.29, 1.82) is 0 Å². The molecule has 0 saturated carbocycles. The third kappa shape index (κ3) is 114. The molecule has 0 aliphatic heterocycles. The largest absolute Gasteiger partial charge is 1.00 e. The zero-order valence-corrected chi connectivity index (χ0v) is 88.0. The van der Waals surface area contributed by atoms with Gasteiger partial charge in [-0.15, -0.1) is 26.3 Å². The van der Waals surface area contributed by atoms with Crippen LogP contribution in [0.1, 0.15) is 33.6 Å². The average molecular weight is 1700 g/mol. The molecule has 0 aromatic heterocycles. The number of amides is 2. The SMILES string of the molecule is C.C=C.C=C.C=COC(=O)NCCC[Si](O[Si](C)(C)C)(O[Si](C)(C)C)O[Si](C)(C)C.C=COC(=O)NCCC[Si](O[Si](C)(C)C)(O[Si](C)(C)C)O[Si](C)(C)C.C=CO[Si](C)(C)C.C=CO[Si](C)(C)C.CC=O.C[Si](C)(C)Cl.C[Si](C)(C)O[Si](CCCN)(O[Si](C)(C)C)O[Si](C)(C)C.[F-].[Na+]. The van der Waals surface area contributed by atoms with Gasteiger partial charge in [-0.05, 0) is 249 Å². The van der Waals surface area contributed by atoms with Gasteiger partial charge in [0.2, 0.25) is 16.6 Å². The number of ether oxygens (including phenoxy) is 2. The smallest absolute Gasteiger partial charge is 1.00 e. The van der Waals surface area contributed by atoms with Crippen LogP contribution in [0.5, 0.6) is 0 Å². The van der Waals surface area contributed by atoms with Gasteiger partial charge in [0.25, 0.3) is 0 Å². The molecule has 0 saturated heterocycles. The molecule has 0 unspecified atom stereocenters. The van der Waals surface area contributed by atoms with E-state index in [1.807, 2.05) is 0 Å². The first-order valence-corrected chi connectivity index (χ1v) is 81.0. The molecule has 99 heavy (non-hydrogen) atoms. The molecule has 37 heteroatoms. The van der Waals surface area contributed by atoms with Crippen molar-refractivity contribution in [3.63, 3.8) is 0 Å². The maximum absolute atomic E-state index is 11.4. The zero-order chi connectivity index (χ0) is 79.2. The standard InChI is InChI=1S/2C15H37NO5Si4.C12H35NO3Si4.2C5H12OSi.C3H9ClSi.C2H4O.2C2H4.CH4.FH.Na/c2*1-11-18-15(17)16-13-12-14-25(19-22(2,3)4,20-23(5,6)7)21-24(8,9)10;1-17(2,3)14-20(12-10-11-13,15-18(4,5)6)16-19(7,8)9;2*1-5-6-7(2,3)4;1-5(2,3)4;1-2-3;2*1-2;;;/h2*11H,1,12-14H2,2-10H3,(H,16,17);10-13H2,1-9H3;2*5H,1H2,2-4H3;1-3H3;2H,1H3;2*1-2H2;1H4;1H;/q;;;;;;;;;;;+1/p-1. The molecular weight excluding hydrogens is 1540 g/mol. The Hall–Kier alpha value is 0.323. The number of halogens is 2. The van der Waals surface area contributed by atoms with Crippen LogP contribution in [0.4, 0.5) is 9.59 Å². The van der Waals surface area contributed by atoms with Gasteiger partial charge in [0.15, 0.2) is 74.9 Å². The first-order chi connectivity index (χ1) is 42.4. The molecule has 0 aromatic rings. The van der Waals surface area contributed by atoms with Crippen LogP contribution in [0.15, 0.2) is 77.7 Å². The van der Waals surface area contributed by atoms with E-state index in [0.717, 1.165) is 44.1 Å². The minimum Gasteiger partial charge on any atom is -1.00 e. The number of hydrogen-bond acceptors (Lipinski definition) is 17. The van der Waals surface area contributed by atoms with Crippen molar-refractivity contribution in [3.05, 3.63) is 77.7 Å². The molecule has 0 rings (SSSR count). The van der Waals surface area contributed by atoms with Crippen LogP contribution in [0.2, 0.25) is 254 Å². The van der Waals surface area contributed by atoms with Crippen molar-refractivity contribution in [2.24, 2.45) is 5.73 Å². The number of carbonyl (C=O) groups is 3. The van der Waals surface area contributed by atoms with E-state index in [1.165, 1.54) is 19.4 Å². The van der Waals surface area contributed by atoms with Crippen molar-refractivity contribution in [2.75, 3.05) is 19.6 Å². The topological polar surface area (TPSA) is 221 Å². The summed E-state index contributed by atoms with van der Waals surface area (Å²) in [5, 5.41) is 5.40. The van der Waals surface area contributed by atoms with Gasteiger partial charge < -0.3 is 81.2 Å². The molecule has 2 amide bonds. The molecule has 0 bridgehead atoms. The van der Waals surface area contributed by atoms with Crippen LogP contribution < -0.4 is 50.6 Å². The average Bonchev–Trinajstić information content (AvgIpc) is 0.823. The second kappa shape index (κ2) is 59.3. The van der Waals surface area contributed by atoms with Gasteiger partial charge in [0.05, 0.1) is 25.0 Å². The van der Waals surface area contributed by atoms with Crippen LogP contribution in [0, 0.1) is 0 Å². The van der Waals surface area contributed by atoms with Gasteiger partial charge in [-0.3, -0.25) is 0 Å². The Labute approximate surface area is 654 Å². The normalized spacial score (nSPS) is 12.1. The van der Waals surface area contributed by atoms with Gasteiger partial charge in [0, 0.05) is 31.2 Å². The Morgan fingerprint density at radius 2 is 0.515 bits per heavy atom. The molecule has 0 spiro atoms. The summed E-state index contributed by atoms with van der Waals surface area (Å²) in [6.07, 6.45) is 7.38. The van der Waals surface area contributed by atoms with Crippen LogP contribution in [-0.2, 0) is 60.2 Å². The molecule has 0 fully saturated rings. The number of rotatable bonds is 35. The molecule has 0 aliphatic rings. The van der Waals surface area contributed by atoms with E-state index in [1.54, 1.807) is 0 Å². The fraction of sp³-hybridized carbons (Fsp3) is 0.758. The number of carbonyl (C=O) groups excluding carboxylic acids is 3. The van der Waals surface area contributed by atoms with Crippen LogP contribution in [-0.4, -0.2) is 163 Å². The fourth-order valence-corrected chi connectivity index (χ4v) is 51.9. The Morgan fingerprint density at radius 1 is 0.364 bits per heavy atom. The predicted octanol–water partition coefficient (Wildman–Crippen LogP) is 15.8. The molecular formula is C62H158ClFN3NaO16Si15. The van der Waals surface area contributed by atoms with Gasteiger partial charge in [-0.25, -0.2) is 9.59 Å². The summed E-state index contributed by atoms with van der Waals surface area (Å²) in [7, 11) is -28.3. The quantitative estimate of drug-likeness (QED) is 0.0134. The van der Waals surface area contributed by atoms with E-state index >= 15 is 0 Å². The Bertz CT molecular complexity index is 1840. The Morgan fingerprint density at radius 3 is 0.616 bits per heavy atom. The van der Waals surface area contributed by atoms with Crippen LogP contribution >= 0.6 is 11.1 Å². The van der Waals surface area contributed by atoms with Gasteiger partial charge in [0.1, 0.15) is 13.7 Å². The third-order valence-electron chi connectivity index (χ3n) is 7.95. The van der Waals surface area contributed by atoms with E-state index in [-0.39, 0.29) is 41.7 Å². The van der Waals surface area contributed by atoms with Gasteiger partial charge in [-0.2, -0.15) is 11.1 Å². The van der Waals surface area contributed by atoms with E-state index < -0.39 is 137 Å². The summed E-state index contributed by atoms with van der Waals surface area (Å²) in [6.45, 7) is 107. The van der Waals surface area contributed by atoms with Crippen molar-refractivity contribution in [3.8, 4) is 0 Å². The Balaban J connectivity index is -0.0000000960. The molecule has 0 aliphatic carbocycles. The number of alkyl carbamates (subject to hydrolysis) is 2. The Kier molecular flexibility index (Phi) is 75.4. The second-order valence-corrected chi connectivity index (χ2v) is 101. The summed E-state index contributed by atoms with van der Waals surface area (Å²) < 4.78 is 78.6. The summed E-state index contributed by atoms with van der Waals surface area (Å²) in [5.41, 5.74) is 5.72. The molecule has 0 heterocycles. The number of nitrogens with two attached hydrogens (primary N) is 1. The van der Waals surface area contributed by atoms with E-state index in [4.69, 9.17) is 67.5 Å². The first-order valence-electron chi connectivity index (χ1n) is 33.2.